The van der Waals surface area contributed by atoms with Gasteiger partial charge in [-0.3, -0.25) is 0 Å². The number of nitrogens with one attached hydrogen (secondary N) is 1. The number of hydrogen-bond donors (Lipinski definition) is 2. The van der Waals surface area contributed by atoms with Crippen molar-refractivity contribution in [3.63, 3.8) is 0 Å². The molecule has 0 saturated carbocycles. The van der Waals surface area contributed by atoms with Crippen molar-refractivity contribution in [3.05, 3.63) is 28.8 Å². The van der Waals surface area contributed by atoms with Gasteiger partial charge in [-0.2, -0.15) is 0 Å². The molecule has 1 atom stereocenters. The summed E-state index contributed by atoms with van der Waals surface area (Å²) in [5.74, 6) is 0.775. The Bertz CT molecular complexity index is 308. The fourth-order valence-corrected chi connectivity index (χ4v) is 1.95. The van der Waals surface area contributed by atoms with Crippen molar-refractivity contribution in [1.29, 1.82) is 0 Å². The topological polar surface area (TPSA) is 32.3 Å². The zero-order valence-corrected chi connectivity index (χ0v) is 8.01. The van der Waals surface area contributed by atoms with E-state index in [0.717, 1.165) is 25.1 Å². The molecule has 0 amide bonds. The van der Waals surface area contributed by atoms with E-state index >= 15 is 0 Å². The molecule has 1 aliphatic heterocycles. The van der Waals surface area contributed by atoms with Crippen LogP contribution in [0.15, 0.2) is 18.2 Å². The summed E-state index contributed by atoms with van der Waals surface area (Å²) >= 11 is 5.86. The normalized spacial score (nSPS) is 22.1. The summed E-state index contributed by atoms with van der Waals surface area (Å²) in [5, 5.41) is 13.6. The third-order valence-corrected chi connectivity index (χ3v) is 2.72. The van der Waals surface area contributed by atoms with E-state index in [0.29, 0.717) is 16.7 Å². The molecular formula is C10H12ClNO. The average molecular weight is 198 g/mol. The van der Waals surface area contributed by atoms with Gasteiger partial charge in [-0.1, -0.05) is 11.6 Å². The maximum absolute atomic E-state index is 9.61. The van der Waals surface area contributed by atoms with Crippen LogP contribution in [0.5, 0.6) is 5.75 Å². The smallest absolute Gasteiger partial charge is 0.119 e. The monoisotopic (exact) mass is 197 g/mol. The molecule has 2 N–H and O–H groups in total. The fraction of sp³-hybridized carbons (Fsp3) is 0.400. The highest BCUT2D eigenvalue weighted by Gasteiger charge is 2.19. The minimum Gasteiger partial charge on any atom is -0.508 e. The van der Waals surface area contributed by atoms with E-state index in [1.54, 1.807) is 12.1 Å². The van der Waals surface area contributed by atoms with Gasteiger partial charge in [0.1, 0.15) is 5.75 Å². The summed E-state index contributed by atoms with van der Waals surface area (Å²) in [6.07, 6.45) is 1.08. The molecule has 0 bridgehead atoms. The molecule has 70 valence electrons. The number of phenolic OH excluding ortho intramolecular Hbond substituents is 1. The van der Waals surface area contributed by atoms with Gasteiger partial charge in [0.25, 0.3) is 0 Å². The van der Waals surface area contributed by atoms with E-state index in [9.17, 15) is 5.11 Å². The van der Waals surface area contributed by atoms with E-state index in [2.05, 4.69) is 5.32 Å². The molecule has 2 nitrogen and oxygen atoms in total. The lowest BCUT2D eigenvalue weighted by Gasteiger charge is -2.10. The molecule has 0 aromatic heterocycles. The number of benzene rings is 1. The number of phenols is 1. The van der Waals surface area contributed by atoms with Crippen LogP contribution in [0, 0.1) is 0 Å². The van der Waals surface area contributed by atoms with Crippen LogP contribution in [0.4, 0.5) is 0 Å². The summed E-state index contributed by atoms with van der Waals surface area (Å²) in [7, 11) is 0. The molecule has 1 fully saturated rings. The van der Waals surface area contributed by atoms with Crippen LogP contribution in [-0.4, -0.2) is 18.2 Å². The third-order valence-electron chi connectivity index (χ3n) is 2.49. The van der Waals surface area contributed by atoms with Gasteiger partial charge in [0.15, 0.2) is 0 Å². The van der Waals surface area contributed by atoms with Crippen molar-refractivity contribution in [1.82, 2.24) is 5.32 Å². The molecule has 0 spiro atoms. The Balaban J connectivity index is 2.32. The standard InChI is InChI=1S/C10H12ClNO/c11-8-1-2-10(13)9(5-8)7-3-4-12-6-7/h1-2,5,7,12-13H,3-4,6H2. The second-order valence-electron chi connectivity index (χ2n) is 3.39. The van der Waals surface area contributed by atoms with Crippen molar-refractivity contribution in [3.8, 4) is 5.75 Å². The molecule has 1 unspecified atom stereocenters. The number of aromatic hydroxyl groups is 1. The third kappa shape index (κ3) is 1.79. The fourth-order valence-electron chi connectivity index (χ4n) is 1.77. The predicted octanol–water partition coefficient (Wildman–Crippen LogP) is 2.12. The van der Waals surface area contributed by atoms with E-state index in [-0.39, 0.29) is 0 Å². The molecule has 0 aliphatic carbocycles. The Morgan fingerprint density at radius 3 is 3.00 bits per heavy atom. The molecule has 1 saturated heterocycles. The summed E-state index contributed by atoms with van der Waals surface area (Å²) < 4.78 is 0. The molecule has 3 heteroatoms. The van der Waals surface area contributed by atoms with Gasteiger partial charge in [-0.15, -0.1) is 0 Å². The van der Waals surface area contributed by atoms with Gasteiger partial charge < -0.3 is 10.4 Å². The first-order chi connectivity index (χ1) is 6.27. The Labute approximate surface area is 82.5 Å². The van der Waals surface area contributed by atoms with E-state index in [1.165, 1.54) is 0 Å². The molecule has 1 aromatic rings. The Morgan fingerprint density at radius 2 is 2.31 bits per heavy atom. The maximum Gasteiger partial charge on any atom is 0.119 e. The summed E-state index contributed by atoms with van der Waals surface area (Å²) in [6, 6.07) is 5.23. The lowest BCUT2D eigenvalue weighted by Crippen LogP contribution is -2.07. The Kier molecular flexibility index (Phi) is 2.42. The van der Waals surface area contributed by atoms with Gasteiger partial charge in [-0.25, -0.2) is 0 Å². The second kappa shape index (κ2) is 3.56. The number of hydrogen-bond acceptors (Lipinski definition) is 2. The first kappa shape index (κ1) is 8.85. The van der Waals surface area contributed by atoms with Crippen molar-refractivity contribution in [2.75, 3.05) is 13.1 Å². The zero-order chi connectivity index (χ0) is 9.26. The molecular weight excluding hydrogens is 186 g/mol. The lowest BCUT2D eigenvalue weighted by atomic mass is 9.98. The SMILES string of the molecule is Oc1ccc(Cl)cc1C1CCNC1. The highest BCUT2D eigenvalue weighted by molar-refractivity contribution is 6.30. The van der Waals surface area contributed by atoms with E-state index < -0.39 is 0 Å². The van der Waals surface area contributed by atoms with Crippen LogP contribution in [0.25, 0.3) is 0 Å². The largest absolute Gasteiger partial charge is 0.508 e. The lowest BCUT2D eigenvalue weighted by molar-refractivity contribution is 0.463. The second-order valence-corrected chi connectivity index (χ2v) is 3.83. The predicted molar refractivity (Wildman–Crippen MR) is 53.3 cm³/mol. The molecule has 2 rings (SSSR count). The summed E-state index contributed by atoms with van der Waals surface area (Å²) in [6.45, 7) is 1.96. The molecule has 0 radical (unpaired) electrons. The molecule has 13 heavy (non-hydrogen) atoms. The van der Waals surface area contributed by atoms with Crippen LogP contribution in [0.1, 0.15) is 17.9 Å². The Hall–Kier alpha value is -0.730. The first-order valence-electron chi connectivity index (χ1n) is 4.46. The minimum atomic E-state index is 0.359. The number of halogens is 1. The minimum absolute atomic E-state index is 0.359. The highest BCUT2D eigenvalue weighted by Crippen LogP contribution is 2.31. The van der Waals surface area contributed by atoms with E-state index in [4.69, 9.17) is 11.6 Å². The first-order valence-corrected chi connectivity index (χ1v) is 4.84. The van der Waals surface area contributed by atoms with Gasteiger partial charge >= 0.3 is 0 Å². The maximum atomic E-state index is 9.61. The van der Waals surface area contributed by atoms with Crippen molar-refractivity contribution in [2.24, 2.45) is 0 Å². The van der Waals surface area contributed by atoms with Crippen LogP contribution in [0.3, 0.4) is 0 Å². The zero-order valence-electron chi connectivity index (χ0n) is 7.26. The van der Waals surface area contributed by atoms with Crippen molar-refractivity contribution >= 4 is 11.6 Å². The van der Waals surface area contributed by atoms with Gasteiger partial charge in [0, 0.05) is 17.5 Å². The Morgan fingerprint density at radius 1 is 1.46 bits per heavy atom. The number of rotatable bonds is 1. The van der Waals surface area contributed by atoms with Crippen molar-refractivity contribution in [2.45, 2.75) is 12.3 Å². The summed E-state index contributed by atoms with van der Waals surface area (Å²) in [5.41, 5.74) is 0.970. The average Bonchev–Trinajstić information content (AvgIpc) is 2.61. The van der Waals surface area contributed by atoms with Crippen LogP contribution in [0.2, 0.25) is 5.02 Å². The molecule has 1 aliphatic rings. The van der Waals surface area contributed by atoms with Gasteiger partial charge in [-0.05, 0) is 36.7 Å². The van der Waals surface area contributed by atoms with E-state index in [1.807, 2.05) is 6.07 Å². The van der Waals surface area contributed by atoms with Gasteiger partial charge in [0.05, 0.1) is 0 Å². The highest BCUT2D eigenvalue weighted by atomic mass is 35.5. The molecule has 1 aromatic carbocycles. The summed E-state index contributed by atoms with van der Waals surface area (Å²) in [4.78, 5) is 0. The van der Waals surface area contributed by atoms with Crippen LogP contribution >= 0.6 is 11.6 Å². The van der Waals surface area contributed by atoms with Crippen molar-refractivity contribution < 1.29 is 5.11 Å². The van der Waals surface area contributed by atoms with Crippen LogP contribution in [-0.2, 0) is 0 Å². The quantitative estimate of drug-likeness (QED) is 0.723. The molecule has 1 heterocycles. The van der Waals surface area contributed by atoms with Gasteiger partial charge in [0.2, 0.25) is 0 Å². The van der Waals surface area contributed by atoms with Crippen LogP contribution < -0.4 is 5.32 Å².